The molecular formula is C12H17NO. The molecule has 2 nitrogen and oxygen atoms in total. The zero-order chi connectivity index (χ0) is 9.97. The molecule has 14 heavy (non-hydrogen) atoms. The van der Waals surface area contributed by atoms with E-state index in [4.69, 9.17) is 0 Å². The van der Waals surface area contributed by atoms with Crippen LogP contribution in [-0.4, -0.2) is 23.8 Å². The Morgan fingerprint density at radius 3 is 2.71 bits per heavy atom. The lowest BCUT2D eigenvalue weighted by atomic mass is 9.84. The molecule has 0 aromatic heterocycles. The number of hydrogen-bond donors (Lipinski definition) is 2. The molecule has 3 atom stereocenters. The SMILES string of the molecule is C[C@H]1NC[C@@H](O)C[C@H]1c1ccccc1. The van der Waals surface area contributed by atoms with Gasteiger partial charge < -0.3 is 10.4 Å². The number of hydrogen-bond acceptors (Lipinski definition) is 2. The second-order valence-corrected chi connectivity index (χ2v) is 4.10. The van der Waals surface area contributed by atoms with Crippen LogP contribution in [0.5, 0.6) is 0 Å². The topological polar surface area (TPSA) is 32.3 Å². The predicted molar refractivity (Wildman–Crippen MR) is 57.3 cm³/mol. The molecule has 0 aliphatic carbocycles. The Morgan fingerprint density at radius 2 is 2.00 bits per heavy atom. The lowest BCUT2D eigenvalue weighted by molar-refractivity contribution is 0.116. The maximum Gasteiger partial charge on any atom is 0.0671 e. The zero-order valence-corrected chi connectivity index (χ0v) is 8.48. The van der Waals surface area contributed by atoms with Crippen molar-refractivity contribution in [3.63, 3.8) is 0 Å². The van der Waals surface area contributed by atoms with Gasteiger partial charge in [0.25, 0.3) is 0 Å². The number of benzene rings is 1. The normalized spacial score (nSPS) is 32.9. The van der Waals surface area contributed by atoms with Crippen molar-refractivity contribution in [1.29, 1.82) is 0 Å². The summed E-state index contributed by atoms with van der Waals surface area (Å²) in [5.41, 5.74) is 1.33. The second-order valence-electron chi connectivity index (χ2n) is 4.10. The molecule has 1 aliphatic heterocycles. The summed E-state index contributed by atoms with van der Waals surface area (Å²) < 4.78 is 0. The molecule has 2 heteroatoms. The van der Waals surface area contributed by atoms with Crippen molar-refractivity contribution in [3.05, 3.63) is 35.9 Å². The van der Waals surface area contributed by atoms with Crippen LogP contribution in [0.15, 0.2) is 30.3 Å². The Hall–Kier alpha value is -0.860. The highest BCUT2D eigenvalue weighted by molar-refractivity contribution is 5.22. The Bertz CT molecular complexity index is 286. The highest BCUT2D eigenvalue weighted by atomic mass is 16.3. The first-order valence-electron chi connectivity index (χ1n) is 5.24. The summed E-state index contributed by atoms with van der Waals surface area (Å²) in [7, 11) is 0. The molecule has 1 aromatic rings. The van der Waals surface area contributed by atoms with E-state index < -0.39 is 0 Å². The van der Waals surface area contributed by atoms with Gasteiger partial charge in [0, 0.05) is 18.5 Å². The third kappa shape index (κ3) is 1.97. The fourth-order valence-electron chi connectivity index (χ4n) is 2.17. The maximum absolute atomic E-state index is 9.60. The maximum atomic E-state index is 9.60. The Balaban J connectivity index is 2.16. The molecule has 2 rings (SSSR count). The molecule has 1 aromatic carbocycles. The third-order valence-electron chi connectivity index (χ3n) is 3.03. The highest BCUT2D eigenvalue weighted by Gasteiger charge is 2.26. The summed E-state index contributed by atoms with van der Waals surface area (Å²) in [6.07, 6.45) is 0.675. The van der Waals surface area contributed by atoms with Crippen molar-refractivity contribution >= 4 is 0 Å². The lowest BCUT2D eigenvalue weighted by Crippen LogP contribution is -2.44. The first-order valence-corrected chi connectivity index (χ1v) is 5.24. The summed E-state index contributed by atoms with van der Waals surface area (Å²) in [4.78, 5) is 0. The lowest BCUT2D eigenvalue weighted by Gasteiger charge is -2.33. The minimum absolute atomic E-state index is 0.198. The molecular weight excluding hydrogens is 174 g/mol. The molecule has 1 aliphatic rings. The largest absolute Gasteiger partial charge is 0.392 e. The minimum atomic E-state index is -0.198. The Kier molecular flexibility index (Phi) is 2.85. The van der Waals surface area contributed by atoms with Gasteiger partial charge in [-0.2, -0.15) is 0 Å². The van der Waals surface area contributed by atoms with Gasteiger partial charge in [-0.3, -0.25) is 0 Å². The van der Waals surface area contributed by atoms with E-state index in [0.717, 1.165) is 13.0 Å². The van der Waals surface area contributed by atoms with Crippen LogP contribution >= 0.6 is 0 Å². The van der Waals surface area contributed by atoms with E-state index in [1.807, 2.05) is 6.07 Å². The van der Waals surface area contributed by atoms with Gasteiger partial charge in [-0.15, -0.1) is 0 Å². The number of piperidine rings is 1. The first kappa shape index (κ1) is 9.69. The van der Waals surface area contributed by atoms with Gasteiger partial charge in [0.1, 0.15) is 0 Å². The second kappa shape index (κ2) is 4.11. The van der Waals surface area contributed by atoms with Crippen LogP contribution < -0.4 is 5.32 Å². The molecule has 0 spiro atoms. The van der Waals surface area contributed by atoms with Crippen molar-refractivity contribution in [2.75, 3.05) is 6.54 Å². The van der Waals surface area contributed by atoms with Crippen LogP contribution in [0.3, 0.4) is 0 Å². The fraction of sp³-hybridized carbons (Fsp3) is 0.500. The molecule has 0 amide bonds. The highest BCUT2D eigenvalue weighted by Crippen LogP contribution is 2.27. The van der Waals surface area contributed by atoms with E-state index in [1.165, 1.54) is 5.56 Å². The van der Waals surface area contributed by atoms with E-state index in [9.17, 15) is 5.11 Å². The summed E-state index contributed by atoms with van der Waals surface area (Å²) in [5, 5.41) is 12.9. The Morgan fingerprint density at radius 1 is 1.29 bits per heavy atom. The zero-order valence-electron chi connectivity index (χ0n) is 8.48. The molecule has 0 bridgehead atoms. The summed E-state index contributed by atoms with van der Waals surface area (Å²) in [6, 6.07) is 10.9. The van der Waals surface area contributed by atoms with Crippen LogP contribution in [-0.2, 0) is 0 Å². The van der Waals surface area contributed by atoms with Crippen molar-refractivity contribution in [2.24, 2.45) is 0 Å². The smallest absolute Gasteiger partial charge is 0.0671 e. The van der Waals surface area contributed by atoms with Gasteiger partial charge >= 0.3 is 0 Å². The monoisotopic (exact) mass is 191 g/mol. The van der Waals surface area contributed by atoms with Crippen LogP contribution in [0, 0.1) is 0 Å². The average Bonchev–Trinajstić information content (AvgIpc) is 2.23. The van der Waals surface area contributed by atoms with Crippen LogP contribution in [0.1, 0.15) is 24.8 Å². The van der Waals surface area contributed by atoms with Crippen molar-refractivity contribution < 1.29 is 5.11 Å². The number of aliphatic hydroxyl groups is 1. The number of β-amino-alcohol motifs (C(OH)–C–C–N with tert-alkyl or cyclic N) is 1. The average molecular weight is 191 g/mol. The first-order chi connectivity index (χ1) is 6.77. The molecule has 1 heterocycles. The third-order valence-corrected chi connectivity index (χ3v) is 3.03. The minimum Gasteiger partial charge on any atom is -0.392 e. The van der Waals surface area contributed by atoms with E-state index >= 15 is 0 Å². The van der Waals surface area contributed by atoms with Crippen LogP contribution in [0.4, 0.5) is 0 Å². The quantitative estimate of drug-likeness (QED) is 0.705. The van der Waals surface area contributed by atoms with Crippen molar-refractivity contribution in [1.82, 2.24) is 5.32 Å². The van der Waals surface area contributed by atoms with Gasteiger partial charge in [0.05, 0.1) is 6.10 Å². The van der Waals surface area contributed by atoms with Gasteiger partial charge in [-0.1, -0.05) is 30.3 Å². The van der Waals surface area contributed by atoms with Crippen LogP contribution in [0.25, 0.3) is 0 Å². The molecule has 2 N–H and O–H groups in total. The molecule has 1 fully saturated rings. The fourth-order valence-corrected chi connectivity index (χ4v) is 2.17. The van der Waals surface area contributed by atoms with Crippen LogP contribution in [0.2, 0.25) is 0 Å². The number of aliphatic hydroxyl groups excluding tert-OH is 1. The summed E-state index contributed by atoms with van der Waals surface area (Å²) in [5.74, 6) is 0.444. The molecule has 76 valence electrons. The summed E-state index contributed by atoms with van der Waals surface area (Å²) in [6.45, 7) is 2.91. The van der Waals surface area contributed by atoms with Crippen molar-refractivity contribution in [3.8, 4) is 0 Å². The van der Waals surface area contributed by atoms with Crippen molar-refractivity contribution in [2.45, 2.75) is 31.4 Å². The van der Waals surface area contributed by atoms with Gasteiger partial charge in [0.2, 0.25) is 0 Å². The van der Waals surface area contributed by atoms with E-state index in [1.54, 1.807) is 0 Å². The standard InChI is InChI=1S/C12H17NO/c1-9-12(7-11(14)8-13-9)10-5-3-2-4-6-10/h2-6,9,11-14H,7-8H2,1H3/t9-,11+,12-/m1/s1. The number of nitrogens with one attached hydrogen (secondary N) is 1. The Labute approximate surface area is 85.0 Å². The molecule has 0 radical (unpaired) electrons. The van der Waals surface area contributed by atoms with E-state index in [2.05, 4.69) is 36.5 Å². The predicted octanol–water partition coefficient (Wildman–Crippen LogP) is 1.51. The molecule has 0 unspecified atom stereocenters. The van der Waals surface area contributed by atoms with Gasteiger partial charge in [0.15, 0.2) is 0 Å². The van der Waals surface area contributed by atoms with Gasteiger partial charge in [-0.25, -0.2) is 0 Å². The number of rotatable bonds is 1. The van der Waals surface area contributed by atoms with E-state index in [-0.39, 0.29) is 6.10 Å². The molecule has 1 saturated heterocycles. The summed E-state index contributed by atoms with van der Waals surface area (Å²) >= 11 is 0. The van der Waals surface area contributed by atoms with E-state index in [0.29, 0.717) is 12.0 Å². The molecule has 0 saturated carbocycles. The van der Waals surface area contributed by atoms with Gasteiger partial charge in [-0.05, 0) is 18.9 Å².